The second-order valence-electron chi connectivity index (χ2n) is 5.23. The summed E-state index contributed by atoms with van der Waals surface area (Å²) in [5, 5.41) is 10.0. The van der Waals surface area contributed by atoms with Crippen LogP contribution in [-0.2, 0) is 11.2 Å². The highest BCUT2D eigenvalue weighted by atomic mass is 35.5. The van der Waals surface area contributed by atoms with Crippen molar-refractivity contribution in [2.45, 2.75) is 32.2 Å². The Labute approximate surface area is 120 Å². The molecule has 4 nitrogen and oxygen atoms in total. The van der Waals surface area contributed by atoms with Crippen LogP contribution in [0.4, 0.5) is 0 Å². The molecular formula is C15H14ClNO3. The van der Waals surface area contributed by atoms with Gasteiger partial charge in [-0.3, -0.25) is 9.59 Å². The van der Waals surface area contributed by atoms with Crippen LogP contribution in [0.1, 0.15) is 30.1 Å². The Kier molecular flexibility index (Phi) is 3.05. The first kappa shape index (κ1) is 13.2. The molecule has 1 heterocycles. The second-order valence-corrected chi connectivity index (χ2v) is 5.66. The predicted molar refractivity (Wildman–Crippen MR) is 77.6 cm³/mol. The van der Waals surface area contributed by atoms with Crippen molar-refractivity contribution in [2.24, 2.45) is 0 Å². The molecular weight excluding hydrogens is 278 g/mol. The molecule has 0 bridgehead atoms. The second kappa shape index (κ2) is 4.63. The van der Waals surface area contributed by atoms with Crippen molar-refractivity contribution < 1.29 is 9.90 Å². The van der Waals surface area contributed by atoms with Gasteiger partial charge >= 0.3 is 5.97 Å². The molecule has 1 aromatic carbocycles. The molecule has 1 aliphatic carbocycles. The van der Waals surface area contributed by atoms with Gasteiger partial charge in [-0.2, -0.15) is 0 Å². The zero-order valence-corrected chi connectivity index (χ0v) is 11.8. The highest BCUT2D eigenvalue weighted by Crippen LogP contribution is 2.38. The molecule has 104 valence electrons. The van der Waals surface area contributed by atoms with Gasteiger partial charge in [-0.05, 0) is 38.0 Å². The van der Waals surface area contributed by atoms with E-state index in [0.29, 0.717) is 22.0 Å². The van der Waals surface area contributed by atoms with Crippen LogP contribution in [0.2, 0.25) is 5.02 Å². The average molecular weight is 292 g/mol. The maximum absolute atomic E-state index is 12.5. The first-order valence-electron chi connectivity index (χ1n) is 6.54. The van der Waals surface area contributed by atoms with Gasteiger partial charge in [0.05, 0.1) is 11.9 Å². The number of pyridine rings is 1. The summed E-state index contributed by atoms with van der Waals surface area (Å²) in [6.45, 7) is 1.83. The number of halogens is 1. The van der Waals surface area contributed by atoms with Crippen LogP contribution in [0.5, 0.6) is 0 Å². The van der Waals surface area contributed by atoms with Crippen molar-refractivity contribution in [3.63, 3.8) is 0 Å². The Morgan fingerprint density at radius 3 is 2.75 bits per heavy atom. The largest absolute Gasteiger partial charge is 0.481 e. The Morgan fingerprint density at radius 2 is 2.15 bits per heavy atom. The van der Waals surface area contributed by atoms with Gasteiger partial charge in [-0.1, -0.05) is 11.6 Å². The number of carboxylic acid groups (broad SMARTS) is 1. The van der Waals surface area contributed by atoms with E-state index in [4.69, 9.17) is 16.7 Å². The van der Waals surface area contributed by atoms with E-state index in [9.17, 15) is 9.59 Å². The average Bonchev–Trinajstić information content (AvgIpc) is 3.20. The molecule has 0 spiro atoms. The first-order chi connectivity index (χ1) is 9.49. The summed E-state index contributed by atoms with van der Waals surface area (Å²) in [5.74, 6) is -0.992. The molecule has 0 atom stereocenters. The fourth-order valence-corrected chi connectivity index (χ4v) is 2.89. The fraction of sp³-hybridized carbons (Fsp3) is 0.333. The molecule has 1 N–H and O–H groups in total. The lowest BCUT2D eigenvalue weighted by Crippen LogP contribution is -2.21. The molecule has 1 aromatic heterocycles. The van der Waals surface area contributed by atoms with Gasteiger partial charge in [0.1, 0.15) is 0 Å². The normalized spacial score (nSPS) is 14.7. The minimum atomic E-state index is -0.992. The number of nitrogens with zero attached hydrogens (tertiary/aromatic N) is 1. The predicted octanol–water partition coefficient (Wildman–Crippen LogP) is 2.93. The standard InChI is InChI=1S/C15H14ClNO3/c1-8-11(7-14(18)19)15(20)12-6-9(16)2-5-13(12)17(8)10-3-4-10/h2,5-6,10H,3-4,7H2,1H3,(H,18,19). The Morgan fingerprint density at radius 1 is 1.45 bits per heavy atom. The topological polar surface area (TPSA) is 59.3 Å². The third kappa shape index (κ3) is 2.10. The smallest absolute Gasteiger partial charge is 0.308 e. The minimum absolute atomic E-state index is 0.223. The molecule has 1 fully saturated rings. The van der Waals surface area contributed by atoms with Gasteiger partial charge in [0.25, 0.3) is 0 Å². The monoisotopic (exact) mass is 291 g/mol. The SMILES string of the molecule is Cc1c(CC(=O)O)c(=O)c2cc(Cl)ccc2n1C1CC1. The van der Waals surface area contributed by atoms with Gasteiger partial charge in [0.2, 0.25) is 0 Å². The highest BCUT2D eigenvalue weighted by molar-refractivity contribution is 6.31. The van der Waals surface area contributed by atoms with Crippen LogP contribution in [0.3, 0.4) is 0 Å². The van der Waals surface area contributed by atoms with Crippen molar-refractivity contribution in [1.82, 2.24) is 4.57 Å². The lowest BCUT2D eigenvalue weighted by molar-refractivity contribution is -0.136. The molecule has 1 aliphatic rings. The minimum Gasteiger partial charge on any atom is -0.481 e. The van der Waals surface area contributed by atoms with Gasteiger partial charge in [-0.25, -0.2) is 0 Å². The van der Waals surface area contributed by atoms with E-state index in [1.54, 1.807) is 12.1 Å². The number of carboxylic acids is 1. The Hall–Kier alpha value is -1.81. The van der Waals surface area contributed by atoms with Crippen molar-refractivity contribution >= 4 is 28.5 Å². The third-order valence-corrected chi connectivity index (χ3v) is 4.01. The molecule has 0 unspecified atom stereocenters. The van der Waals surface area contributed by atoms with Crippen LogP contribution >= 0.6 is 11.6 Å². The molecule has 1 saturated carbocycles. The van der Waals surface area contributed by atoms with Crippen LogP contribution in [0, 0.1) is 6.92 Å². The van der Waals surface area contributed by atoms with Crippen LogP contribution in [0.25, 0.3) is 10.9 Å². The zero-order valence-electron chi connectivity index (χ0n) is 11.0. The molecule has 0 radical (unpaired) electrons. The van der Waals surface area contributed by atoms with Gasteiger partial charge in [0, 0.05) is 27.7 Å². The third-order valence-electron chi connectivity index (χ3n) is 3.77. The van der Waals surface area contributed by atoms with E-state index in [0.717, 1.165) is 24.1 Å². The summed E-state index contributed by atoms with van der Waals surface area (Å²) in [7, 11) is 0. The summed E-state index contributed by atoms with van der Waals surface area (Å²) in [6, 6.07) is 5.60. The summed E-state index contributed by atoms with van der Waals surface area (Å²) >= 11 is 5.97. The molecule has 0 aliphatic heterocycles. The maximum atomic E-state index is 12.5. The number of aromatic nitrogens is 1. The fourth-order valence-electron chi connectivity index (χ4n) is 2.72. The van der Waals surface area contributed by atoms with Crippen molar-refractivity contribution in [1.29, 1.82) is 0 Å². The lowest BCUT2D eigenvalue weighted by Gasteiger charge is -2.17. The number of aliphatic carboxylic acids is 1. The number of fused-ring (bicyclic) bond motifs is 1. The molecule has 5 heteroatoms. The zero-order chi connectivity index (χ0) is 14.4. The molecule has 20 heavy (non-hydrogen) atoms. The lowest BCUT2D eigenvalue weighted by atomic mass is 10.0. The number of hydrogen-bond acceptors (Lipinski definition) is 2. The summed E-state index contributed by atoms with van der Waals surface area (Å²) in [5.41, 5.74) is 1.74. The van der Waals surface area contributed by atoms with E-state index in [2.05, 4.69) is 4.57 Å². The van der Waals surface area contributed by atoms with Crippen LogP contribution in [0.15, 0.2) is 23.0 Å². The quantitative estimate of drug-likeness (QED) is 0.946. The van der Waals surface area contributed by atoms with Gasteiger partial charge < -0.3 is 9.67 Å². The van der Waals surface area contributed by atoms with E-state index >= 15 is 0 Å². The van der Waals surface area contributed by atoms with E-state index < -0.39 is 5.97 Å². The Balaban J connectivity index is 2.39. The number of hydrogen-bond donors (Lipinski definition) is 1. The van der Waals surface area contributed by atoms with Gasteiger partial charge in [0.15, 0.2) is 5.43 Å². The van der Waals surface area contributed by atoms with E-state index in [1.807, 2.05) is 13.0 Å². The van der Waals surface area contributed by atoms with E-state index in [-0.39, 0.29) is 11.8 Å². The van der Waals surface area contributed by atoms with Crippen molar-refractivity contribution in [3.8, 4) is 0 Å². The van der Waals surface area contributed by atoms with Crippen molar-refractivity contribution in [3.05, 3.63) is 44.7 Å². The number of rotatable bonds is 3. The molecule has 3 rings (SSSR count). The van der Waals surface area contributed by atoms with Crippen LogP contribution < -0.4 is 5.43 Å². The molecule has 2 aromatic rings. The first-order valence-corrected chi connectivity index (χ1v) is 6.92. The number of carbonyl (C=O) groups is 1. The maximum Gasteiger partial charge on any atom is 0.308 e. The van der Waals surface area contributed by atoms with Gasteiger partial charge in [-0.15, -0.1) is 0 Å². The Bertz CT molecular complexity index is 775. The summed E-state index contributed by atoms with van der Waals surface area (Å²) in [6.07, 6.45) is 1.88. The highest BCUT2D eigenvalue weighted by Gasteiger charge is 2.28. The summed E-state index contributed by atoms with van der Waals surface area (Å²) < 4.78 is 2.09. The van der Waals surface area contributed by atoms with E-state index in [1.165, 1.54) is 0 Å². The summed E-state index contributed by atoms with van der Waals surface area (Å²) in [4.78, 5) is 23.5. The van der Waals surface area contributed by atoms with Crippen molar-refractivity contribution in [2.75, 3.05) is 0 Å². The van der Waals surface area contributed by atoms with Crippen LogP contribution in [-0.4, -0.2) is 15.6 Å². The molecule has 0 amide bonds. The number of benzene rings is 1. The molecule has 0 saturated heterocycles.